The number of ether oxygens (including phenoxy) is 2. The molecule has 0 aliphatic heterocycles. The van der Waals surface area contributed by atoms with Crippen LogP contribution >= 0.6 is 0 Å². The normalized spacial score (nSPS) is 10.4. The lowest BCUT2D eigenvalue weighted by atomic mass is 10.1. The van der Waals surface area contributed by atoms with E-state index in [0.717, 1.165) is 23.7 Å². The standard InChI is InChI=1S/C18H31NO2/c1-4-7-8-9-10-11-14-19-16-12-13-17(20-5-2)18(15-16)21-6-3/h12-13,15,19H,4-11,14H2,1-3H3. The molecular formula is C18H31NO2. The molecule has 0 saturated heterocycles. The molecule has 0 saturated carbocycles. The maximum Gasteiger partial charge on any atom is 0.163 e. The van der Waals surface area contributed by atoms with Gasteiger partial charge in [0.05, 0.1) is 13.2 Å². The molecule has 0 fully saturated rings. The van der Waals surface area contributed by atoms with Gasteiger partial charge in [-0.25, -0.2) is 0 Å². The number of hydrogen-bond donors (Lipinski definition) is 1. The molecule has 1 N–H and O–H groups in total. The predicted octanol–water partition coefficient (Wildman–Crippen LogP) is 5.26. The Morgan fingerprint density at radius 3 is 2.19 bits per heavy atom. The van der Waals surface area contributed by atoms with Crippen molar-refractivity contribution in [1.29, 1.82) is 0 Å². The molecule has 0 amide bonds. The molecule has 21 heavy (non-hydrogen) atoms. The minimum Gasteiger partial charge on any atom is -0.490 e. The molecule has 1 aromatic carbocycles. The van der Waals surface area contributed by atoms with E-state index in [2.05, 4.69) is 18.3 Å². The van der Waals surface area contributed by atoms with Crippen LogP contribution in [0.2, 0.25) is 0 Å². The molecule has 0 atom stereocenters. The molecule has 1 aromatic rings. The van der Waals surface area contributed by atoms with Crippen LogP contribution in [0.15, 0.2) is 18.2 Å². The Morgan fingerprint density at radius 1 is 0.810 bits per heavy atom. The average Bonchev–Trinajstić information content (AvgIpc) is 2.49. The number of hydrogen-bond acceptors (Lipinski definition) is 3. The number of anilines is 1. The SMILES string of the molecule is CCCCCCCCNc1ccc(OCC)c(OCC)c1. The summed E-state index contributed by atoms with van der Waals surface area (Å²) in [7, 11) is 0. The maximum atomic E-state index is 5.64. The van der Waals surface area contributed by atoms with Gasteiger partial charge in [-0.2, -0.15) is 0 Å². The third-order valence-electron chi connectivity index (χ3n) is 3.40. The second-order valence-electron chi connectivity index (χ2n) is 5.22. The Bertz CT molecular complexity index is 379. The molecule has 3 heteroatoms. The predicted molar refractivity (Wildman–Crippen MR) is 90.6 cm³/mol. The Kier molecular flexibility index (Phi) is 9.51. The van der Waals surface area contributed by atoms with E-state index in [-0.39, 0.29) is 0 Å². The van der Waals surface area contributed by atoms with Crippen LogP contribution < -0.4 is 14.8 Å². The Labute approximate surface area is 130 Å². The highest BCUT2D eigenvalue weighted by Gasteiger charge is 2.05. The molecular weight excluding hydrogens is 262 g/mol. The fraction of sp³-hybridized carbons (Fsp3) is 0.667. The van der Waals surface area contributed by atoms with Crippen LogP contribution in [0.4, 0.5) is 5.69 Å². The van der Waals surface area contributed by atoms with E-state index in [4.69, 9.17) is 9.47 Å². The monoisotopic (exact) mass is 293 g/mol. The van der Waals surface area contributed by atoms with Crippen LogP contribution in [0.3, 0.4) is 0 Å². The molecule has 3 nitrogen and oxygen atoms in total. The van der Waals surface area contributed by atoms with Gasteiger partial charge in [0.1, 0.15) is 0 Å². The number of rotatable bonds is 12. The highest BCUT2D eigenvalue weighted by atomic mass is 16.5. The summed E-state index contributed by atoms with van der Waals surface area (Å²) in [6, 6.07) is 6.08. The first-order valence-electron chi connectivity index (χ1n) is 8.45. The number of unbranched alkanes of at least 4 members (excludes halogenated alkanes) is 5. The lowest BCUT2D eigenvalue weighted by Gasteiger charge is -2.13. The van der Waals surface area contributed by atoms with Gasteiger partial charge in [-0.1, -0.05) is 39.0 Å². The van der Waals surface area contributed by atoms with Crippen molar-refractivity contribution >= 4 is 5.69 Å². The van der Waals surface area contributed by atoms with Crippen LogP contribution in [0.25, 0.3) is 0 Å². The highest BCUT2D eigenvalue weighted by Crippen LogP contribution is 2.30. The summed E-state index contributed by atoms with van der Waals surface area (Å²) < 4.78 is 11.2. The van der Waals surface area contributed by atoms with Gasteiger partial charge >= 0.3 is 0 Å². The molecule has 0 spiro atoms. The van der Waals surface area contributed by atoms with Crippen molar-refractivity contribution in [2.75, 3.05) is 25.1 Å². The van der Waals surface area contributed by atoms with Crippen molar-refractivity contribution < 1.29 is 9.47 Å². The molecule has 0 aliphatic rings. The number of nitrogens with one attached hydrogen (secondary N) is 1. The van der Waals surface area contributed by atoms with E-state index in [0.29, 0.717) is 13.2 Å². The van der Waals surface area contributed by atoms with E-state index >= 15 is 0 Å². The zero-order valence-electron chi connectivity index (χ0n) is 13.9. The third-order valence-corrected chi connectivity index (χ3v) is 3.40. The molecule has 0 bridgehead atoms. The summed E-state index contributed by atoms with van der Waals surface area (Å²) in [5, 5.41) is 3.47. The van der Waals surface area contributed by atoms with E-state index in [9.17, 15) is 0 Å². The summed E-state index contributed by atoms with van der Waals surface area (Å²) in [5.41, 5.74) is 1.11. The van der Waals surface area contributed by atoms with Gasteiger partial charge < -0.3 is 14.8 Å². The fourth-order valence-corrected chi connectivity index (χ4v) is 2.30. The molecule has 0 aromatic heterocycles. The minimum absolute atomic E-state index is 0.654. The first kappa shape index (κ1) is 17.7. The van der Waals surface area contributed by atoms with E-state index in [1.807, 2.05) is 26.0 Å². The van der Waals surface area contributed by atoms with Gasteiger partial charge in [-0.05, 0) is 32.4 Å². The first-order valence-corrected chi connectivity index (χ1v) is 8.45. The van der Waals surface area contributed by atoms with Crippen molar-refractivity contribution in [3.8, 4) is 11.5 Å². The molecule has 120 valence electrons. The Balaban J connectivity index is 2.35. The van der Waals surface area contributed by atoms with Crippen LogP contribution in [-0.4, -0.2) is 19.8 Å². The lowest BCUT2D eigenvalue weighted by molar-refractivity contribution is 0.288. The van der Waals surface area contributed by atoms with Crippen LogP contribution in [0.1, 0.15) is 59.3 Å². The lowest BCUT2D eigenvalue weighted by Crippen LogP contribution is -2.03. The van der Waals surface area contributed by atoms with Gasteiger partial charge in [0, 0.05) is 18.3 Å². The van der Waals surface area contributed by atoms with Gasteiger partial charge in [0.15, 0.2) is 11.5 Å². The Morgan fingerprint density at radius 2 is 1.48 bits per heavy atom. The smallest absolute Gasteiger partial charge is 0.163 e. The van der Waals surface area contributed by atoms with Crippen LogP contribution in [0, 0.1) is 0 Å². The second-order valence-corrected chi connectivity index (χ2v) is 5.22. The molecule has 0 unspecified atom stereocenters. The summed E-state index contributed by atoms with van der Waals surface area (Å²) in [6.07, 6.45) is 7.93. The van der Waals surface area contributed by atoms with Crippen molar-refractivity contribution in [2.45, 2.75) is 59.3 Å². The molecule has 0 heterocycles. The van der Waals surface area contributed by atoms with Crippen LogP contribution in [0.5, 0.6) is 11.5 Å². The zero-order valence-corrected chi connectivity index (χ0v) is 13.9. The van der Waals surface area contributed by atoms with Crippen molar-refractivity contribution in [2.24, 2.45) is 0 Å². The third kappa shape index (κ3) is 7.26. The summed E-state index contributed by atoms with van der Waals surface area (Å²) >= 11 is 0. The van der Waals surface area contributed by atoms with Crippen LogP contribution in [-0.2, 0) is 0 Å². The maximum absolute atomic E-state index is 5.64. The van der Waals surface area contributed by atoms with E-state index < -0.39 is 0 Å². The zero-order chi connectivity index (χ0) is 15.3. The van der Waals surface area contributed by atoms with Crippen molar-refractivity contribution in [1.82, 2.24) is 0 Å². The summed E-state index contributed by atoms with van der Waals surface area (Å²) in [6.45, 7) is 8.56. The molecule has 1 rings (SSSR count). The van der Waals surface area contributed by atoms with Crippen molar-refractivity contribution in [3.63, 3.8) is 0 Å². The largest absolute Gasteiger partial charge is 0.490 e. The van der Waals surface area contributed by atoms with E-state index in [1.54, 1.807) is 0 Å². The summed E-state index contributed by atoms with van der Waals surface area (Å²) in [4.78, 5) is 0. The average molecular weight is 293 g/mol. The quantitative estimate of drug-likeness (QED) is 0.533. The van der Waals surface area contributed by atoms with Crippen molar-refractivity contribution in [3.05, 3.63) is 18.2 Å². The van der Waals surface area contributed by atoms with Gasteiger partial charge in [-0.3, -0.25) is 0 Å². The fourth-order valence-electron chi connectivity index (χ4n) is 2.30. The van der Waals surface area contributed by atoms with E-state index in [1.165, 1.54) is 38.5 Å². The molecule has 0 radical (unpaired) electrons. The summed E-state index contributed by atoms with van der Waals surface area (Å²) in [5.74, 6) is 1.65. The highest BCUT2D eigenvalue weighted by molar-refractivity contribution is 5.54. The number of benzene rings is 1. The van der Waals surface area contributed by atoms with Gasteiger partial charge in [0.25, 0.3) is 0 Å². The second kappa shape index (κ2) is 11.3. The Hall–Kier alpha value is -1.38. The minimum atomic E-state index is 0.654. The first-order chi connectivity index (χ1) is 10.3. The topological polar surface area (TPSA) is 30.5 Å². The van der Waals surface area contributed by atoms with Gasteiger partial charge in [-0.15, -0.1) is 0 Å². The molecule has 0 aliphatic carbocycles. The van der Waals surface area contributed by atoms with Gasteiger partial charge in [0.2, 0.25) is 0 Å².